The SMILES string of the molecule is COc1ccc(CNC2CCCC2CO)c2ccccc12. The van der Waals surface area contributed by atoms with Gasteiger partial charge >= 0.3 is 0 Å². The van der Waals surface area contributed by atoms with Gasteiger partial charge in [0.05, 0.1) is 7.11 Å². The van der Waals surface area contributed by atoms with E-state index in [1.807, 2.05) is 12.1 Å². The van der Waals surface area contributed by atoms with E-state index in [0.29, 0.717) is 18.6 Å². The highest BCUT2D eigenvalue weighted by molar-refractivity contribution is 5.91. The number of aliphatic hydroxyl groups excluding tert-OH is 1. The Balaban J connectivity index is 1.81. The highest BCUT2D eigenvalue weighted by Gasteiger charge is 2.25. The fourth-order valence-corrected chi connectivity index (χ4v) is 3.43. The van der Waals surface area contributed by atoms with Gasteiger partial charge in [0.25, 0.3) is 0 Å². The van der Waals surface area contributed by atoms with Crippen LogP contribution in [0.2, 0.25) is 0 Å². The molecule has 1 fully saturated rings. The van der Waals surface area contributed by atoms with Crippen molar-refractivity contribution < 1.29 is 9.84 Å². The predicted molar refractivity (Wildman–Crippen MR) is 85.6 cm³/mol. The maximum atomic E-state index is 9.42. The van der Waals surface area contributed by atoms with Crippen molar-refractivity contribution in [1.82, 2.24) is 5.32 Å². The smallest absolute Gasteiger partial charge is 0.126 e. The number of hydrogen-bond acceptors (Lipinski definition) is 3. The van der Waals surface area contributed by atoms with Crippen LogP contribution in [0.4, 0.5) is 0 Å². The minimum atomic E-state index is 0.293. The molecule has 0 radical (unpaired) electrons. The summed E-state index contributed by atoms with van der Waals surface area (Å²) in [6.45, 7) is 1.13. The molecule has 21 heavy (non-hydrogen) atoms. The maximum Gasteiger partial charge on any atom is 0.126 e. The number of rotatable bonds is 5. The van der Waals surface area contributed by atoms with Gasteiger partial charge in [-0.15, -0.1) is 0 Å². The molecule has 2 atom stereocenters. The normalized spacial score (nSPS) is 21.8. The lowest BCUT2D eigenvalue weighted by Gasteiger charge is -2.20. The van der Waals surface area contributed by atoms with E-state index in [4.69, 9.17) is 4.74 Å². The molecule has 0 heterocycles. The molecule has 0 spiro atoms. The molecular formula is C18H23NO2. The lowest BCUT2D eigenvalue weighted by molar-refractivity contribution is 0.205. The quantitative estimate of drug-likeness (QED) is 0.887. The second-order valence-electron chi connectivity index (χ2n) is 5.83. The minimum Gasteiger partial charge on any atom is -0.496 e. The van der Waals surface area contributed by atoms with Crippen LogP contribution in [0.1, 0.15) is 24.8 Å². The molecule has 0 bridgehead atoms. The Kier molecular flexibility index (Phi) is 4.42. The summed E-state index contributed by atoms with van der Waals surface area (Å²) in [5.74, 6) is 1.33. The van der Waals surface area contributed by atoms with E-state index in [1.54, 1.807) is 7.11 Å². The highest BCUT2D eigenvalue weighted by Crippen LogP contribution is 2.29. The van der Waals surface area contributed by atoms with E-state index in [0.717, 1.165) is 24.1 Å². The average Bonchev–Trinajstić information content (AvgIpc) is 3.00. The van der Waals surface area contributed by atoms with Crippen LogP contribution in [0.3, 0.4) is 0 Å². The molecule has 0 saturated heterocycles. The topological polar surface area (TPSA) is 41.5 Å². The van der Waals surface area contributed by atoms with Crippen LogP contribution < -0.4 is 10.1 Å². The third-order valence-electron chi connectivity index (χ3n) is 4.64. The number of hydrogen-bond donors (Lipinski definition) is 2. The van der Waals surface area contributed by atoms with Crippen molar-refractivity contribution in [1.29, 1.82) is 0 Å². The van der Waals surface area contributed by atoms with Gasteiger partial charge in [0.15, 0.2) is 0 Å². The van der Waals surface area contributed by atoms with E-state index in [9.17, 15) is 5.11 Å². The summed E-state index contributed by atoms with van der Waals surface area (Å²) in [4.78, 5) is 0. The van der Waals surface area contributed by atoms with Crippen LogP contribution in [0.5, 0.6) is 5.75 Å². The molecule has 0 aromatic heterocycles. The first-order valence-electron chi connectivity index (χ1n) is 7.72. The van der Waals surface area contributed by atoms with Gasteiger partial charge in [-0.05, 0) is 35.8 Å². The van der Waals surface area contributed by atoms with Crippen LogP contribution >= 0.6 is 0 Å². The molecule has 2 aromatic rings. The molecule has 1 aliphatic carbocycles. The summed E-state index contributed by atoms with van der Waals surface area (Å²) in [6.07, 6.45) is 3.52. The van der Waals surface area contributed by atoms with Crippen molar-refractivity contribution >= 4 is 10.8 Å². The first-order valence-corrected chi connectivity index (χ1v) is 7.72. The zero-order valence-electron chi connectivity index (χ0n) is 12.5. The first kappa shape index (κ1) is 14.4. The van der Waals surface area contributed by atoms with Crippen molar-refractivity contribution in [2.75, 3.05) is 13.7 Å². The summed E-state index contributed by atoms with van der Waals surface area (Å²) < 4.78 is 5.44. The Bertz CT molecular complexity index is 611. The predicted octanol–water partition coefficient (Wildman–Crippen LogP) is 3.10. The Morgan fingerprint density at radius 1 is 1.14 bits per heavy atom. The van der Waals surface area contributed by atoms with Crippen molar-refractivity contribution in [3.05, 3.63) is 42.0 Å². The number of ether oxygens (including phenoxy) is 1. The molecule has 0 aliphatic heterocycles. The van der Waals surface area contributed by atoms with Gasteiger partial charge in [-0.1, -0.05) is 36.8 Å². The van der Waals surface area contributed by atoms with Gasteiger partial charge in [0.2, 0.25) is 0 Å². The molecule has 2 N–H and O–H groups in total. The molecule has 3 rings (SSSR count). The average molecular weight is 285 g/mol. The van der Waals surface area contributed by atoms with E-state index in [1.165, 1.54) is 23.8 Å². The fraction of sp³-hybridized carbons (Fsp3) is 0.444. The third-order valence-corrected chi connectivity index (χ3v) is 4.64. The van der Waals surface area contributed by atoms with Crippen LogP contribution in [-0.2, 0) is 6.54 Å². The maximum absolute atomic E-state index is 9.42. The standard InChI is InChI=1S/C18H23NO2/c1-21-18-10-9-13(15-6-2-3-7-16(15)18)11-19-17-8-4-5-14(17)12-20/h2-3,6-7,9-10,14,17,19-20H,4-5,8,11-12H2,1H3. The largest absolute Gasteiger partial charge is 0.496 e. The van der Waals surface area contributed by atoms with E-state index < -0.39 is 0 Å². The van der Waals surface area contributed by atoms with Gasteiger partial charge in [0, 0.05) is 24.6 Å². The Labute approximate surface area is 125 Å². The third kappa shape index (κ3) is 2.89. The van der Waals surface area contributed by atoms with Crippen LogP contribution in [0.15, 0.2) is 36.4 Å². The van der Waals surface area contributed by atoms with Crippen LogP contribution in [-0.4, -0.2) is 24.9 Å². The Morgan fingerprint density at radius 3 is 2.71 bits per heavy atom. The van der Waals surface area contributed by atoms with Crippen LogP contribution in [0.25, 0.3) is 10.8 Å². The summed E-state index contributed by atoms with van der Waals surface area (Å²) >= 11 is 0. The van der Waals surface area contributed by atoms with Gasteiger partial charge in [0.1, 0.15) is 5.75 Å². The zero-order valence-corrected chi connectivity index (χ0v) is 12.5. The van der Waals surface area contributed by atoms with E-state index in [-0.39, 0.29) is 0 Å². The Morgan fingerprint density at radius 2 is 1.95 bits per heavy atom. The van der Waals surface area contributed by atoms with Gasteiger partial charge in [-0.25, -0.2) is 0 Å². The summed E-state index contributed by atoms with van der Waals surface area (Å²) in [5.41, 5.74) is 1.29. The monoisotopic (exact) mass is 285 g/mol. The fourth-order valence-electron chi connectivity index (χ4n) is 3.43. The number of aliphatic hydroxyl groups is 1. The molecule has 2 unspecified atom stereocenters. The molecule has 1 aliphatic rings. The highest BCUT2D eigenvalue weighted by atomic mass is 16.5. The summed E-state index contributed by atoms with van der Waals surface area (Å²) in [7, 11) is 1.71. The van der Waals surface area contributed by atoms with Crippen molar-refractivity contribution in [3.8, 4) is 5.75 Å². The molecular weight excluding hydrogens is 262 g/mol. The zero-order chi connectivity index (χ0) is 14.7. The number of methoxy groups -OCH3 is 1. The Hall–Kier alpha value is -1.58. The minimum absolute atomic E-state index is 0.293. The molecule has 1 saturated carbocycles. The van der Waals surface area contributed by atoms with Crippen LogP contribution in [0, 0.1) is 5.92 Å². The van der Waals surface area contributed by atoms with Crippen molar-refractivity contribution in [2.45, 2.75) is 31.8 Å². The molecule has 112 valence electrons. The van der Waals surface area contributed by atoms with Gasteiger partial charge < -0.3 is 15.2 Å². The molecule has 0 amide bonds. The summed E-state index contributed by atoms with van der Waals surface area (Å²) in [5, 5.41) is 15.4. The first-order chi connectivity index (χ1) is 10.3. The number of benzene rings is 2. The number of nitrogens with one attached hydrogen (secondary N) is 1. The summed E-state index contributed by atoms with van der Waals surface area (Å²) in [6, 6.07) is 13.0. The van der Waals surface area contributed by atoms with Gasteiger partial charge in [-0.2, -0.15) is 0 Å². The lowest BCUT2D eigenvalue weighted by atomic mass is 10.0. The van der Waals surface area contributed by atoms with Crippen molar-refractivity contribution in [3.63, 3.8) is 0 Å². The van der Waals surface area contributed by atoms with E-state index in [2.05, 4.69) is 29.6 Å². The van der Waals surface area contributed by atoms with Gasteiger partial charge in [-0.3, -0.25) is 0 Å². The molecule has 3 nitrogen and oxygen atoms in total. The van der Waals surface area contributed by atoms with E-state index >= 15 is 0 Å². The lowest BCUT2D eigenvalue weighted by Crippen LogP contribution is -2.33. The van der Waals surface area contributed by atoms with Crippen molar-refractivity contribution in [2.24, 2.45) is 5.92 Å². The number of fused-ring (bicyclic) bond motifs is 1. The second-order valence-corrected chi connectivity index (χ2v) is 5.83. The second kappa shape index (κ2) is 6.46. The molecule has 2 aromatic carbocycles. The molecule has 3 heteroatoms.